The molecule has 156 valence electrons. The van der Waals surface area contributed by atoms with Crippen LogP contribution in [0.15, 0.2) is 91.0 Å². The Morgan fingerprint density at radius 1 is 0.767 bits per heavy atom. The van der Waals surface area contributed by atoms with Crippen molar-refractivity contribution in [3.63, 3.8) is 0 Å². The number of piperidine rings is 1. The summed E-state index contributed by atoms with van der Waals surface area (Å²) in [6.07, 6.45) is 2.37. The molecule has 1 aliphatic heterocycles. The van der Waals surface area contributed by atoms with E-state index in [1.807, 2.05) is 0 Å². The second kappa shape index (κ2) is 8.89. The normalized spacial score (nSPS) is 20.1. The number of hydrogen-bond acceptors (Lipinski definition) is 2. The molecule has 2 atom stereocenters. The van der Waals surface area contributed by atoms with Gasteiger partial charge in [-0.05, 0) is 40.4 Å². The highest BCUT2D eigenvalue weighted by atomic mass is 28.4. The lowest BCUT2D eigenvalue weighted by Crippen LogP contribution is -2.68. The van der Waals surface area contributed by atoms with E-state index in [1.165, 1.54) is 15.9 Å². The molecule has 3 heteroatoms. The van der Waals surface area contributed by atoms with Crippen LogP contribution < -0.4 is 15.7 Å². The Labute approximate surface area is 182 Å². The van der Waals surface area contributed by atoms with Crippen molar-refractivity contribution in [1.29, 1.82) is 0 Å². The third-order valence-corrected chi connectivity index (χ3v) is 11.4. The lowest BCUT2D eigenvalue weighted by Gasteiger charge is -2.47. The summed E-state index contributed by atoms with van der Waals surface area (Å²) in [6.45, 7) is 8.10. The highest BCUT2D eigenvalue weighted by Gasteiger charge is 2.52. The molecule has 3 aromatic carbocycles. The summed E-state index contributed by atoms with van der Waals surface area (Å²) in [5.41, 5.74) is 1.32. The Bertz CT molecular complexity index is 882. The number of nitrogens with one attached hydrogen (secondary N) is 1. The molecule has 0 spiro atoms. The average Bonchev–Trinajstić information content (AvgIpc) is 2.79. The fourth-order valence-corrected chi connectivity index (χ4v) is 9.62. The number of hydrogen-bond donors (Lipinski definition) is 1. The molecule has 1 heterocycles. The lowest BCUT2D eigenvalue weighted by atomic mass is 9.95. The highest BCUT2D eigenvalue weighted by molar-refractivity contribution is 6.99. The smallest absolute Gasteiger partial charge is 0.261 e. The van der Waals surface area contributed by atoms with Crippen LogP contribution in [0.3, 0.4) is 0 Å². The van der Waals surface area contributed by atoms with Gasteiger partial charge in [0.15, 0.2) is 0 Å². The van der Waals surface area contributed by atoms with Crippen molar-refractivity contribution in [1.82, 2.24) is 5.32 Å². The maximum absolute atomic E-state index is 7.46. The molecule has 0 radical (unpaired) electrons. The van der Waals surface area contributed by atoms with E-state index >= 15 is 0 Å². The van der Waals surface area contributed by atoms with E-state index in [0.29, 0.717) is 0 Å². The van der Waals surface area contributed by atoms with Gasteiger partial charge < -0.3 is 9.74 Å². The van der Waals surface area contributed by atoms with E-state index in [0.717, 1.165) is 19.4 Å². The second-order valence-corrected chi connectivity index (χ2v) is 13.6. The Kier molecular flexibility index (Phi) is 6.23. The number of benzene rings is 3. The number of rotatable bonds is 5. The monoisotopic (exact) mass is 415 g/mol. The predicted octanol–water partition coefficient (Wildman–Crippen LogP) is 5.06. The van der Waals surface area contributed by atoms with Gasteiger partial charge in [-0.25, -0.2) is 0 Å². The van der Waals surface area contributed by atoms with Crippen LogP contribution in [0.4, 0.5) is 0 Å². The standard InChI is InChI=1S/C27H33NOSi/c1-27(2,3)30(23-16-9-5-10-17-23,24-18-11-6-12-19-24)29-25-20-13-21-28-26(25)22-14-7-4-8-15-22/h4-12,14-19,25-26,28H,13,20-21H2,1-3H3/t25-,26+/m0/s1. The van der Waals surface area contributed by atoms with Crippen LogP contribution in [0.1, 0.15) is 45.2 Å². The van der Waals surface area contributed by atoms with Gasteiger partial charge in [-0.1, -0.05) is 112 Å². The Morgan fingerprint density at radius 2 is 1.27 bits per heavy atom. The van der Waals surface area contributed by atoms with Gasteiger partial charge in [-0.15, -0.1) is 0 Å². The van der Waals surface area contributed by atoms with E-state index in [1.54, 1.807) is 0 Å². The molecule has 0 amide bonds. The summed E-state index contributed by atoms with van der Waals surface area (Å²) in [6, 6.07) is 33.0. The van der Waals surface area contributed by atoms with Gasteiger partial charge in [0.2, 0.25) is 0 Å². The summed E-state index contributed by atoms with van der Waals surface area (Å²) in [5.74, 6) is 0. The SMILES string of the molecule is CC(C)(C)[Si](O[C@H]1CCCN[C@@H]1c1ccccc1)(c1ccccc1)c1ccccc1. The molecule has 0 saturated carbocycles. The molecule has 0 aliphatic carbocycles. The van der Waals surface area contributed by atoms with E-state index in [-0.39, 0.29) is 17.2 Å². The molecule has 1 N–H and O–H groups in total. The summed E-state index contributed by atoms with van der Waals surface area (Å²) in [7, 11) is -2.55. The predicted molar refractivity (Wildman–Crippen MR) is 129 cm³/mol. The minimum Gasteiger partial charge on any atom is -0.403 e. The van der Waals surface area contributed by atoms with Crippen LogP contribution in [-0.2, 0) is 4.43 Å². The minimum absolute atomic E-state index is 0.00556. The first-order valence-electron chi connectivity index (χ1n) is 11.1. The third kappa shape index (κ3) is 4.02. The van der Waals surface area contributed by atoms with Crippen molar-refractivity contribution >= 4 is 18.7 Å². The molecule has 30 heavy (non-hydrogen) atoms. The Hall–Kier alpha value is -2.20. The molecule has 0 aromatic heterocycles. The molecule has 0 bridgehead atoms. The van der Waals surface area contributed by atoms with Crippen molar-refractivity contribution in [2.75, 3.05) is 6.54 Å². The van der Waals surface area contributed by atoms with Crippen molar-refractivity contribution in [3.05, 3.63) is 96.6 Å². The van der Waals surface area contributed by atoms with E-state index < -0.39 is 8.32 Å². The first-order valence-corrected chi connectivity index (χ1v) is 13.0. The van der Waals surface area contributed by atoms with Crippen LogP contribution in [0.5, 0.6) is 0 Å². The lowest BCUT2D eigenvalue weighted by molar-refractivity contribution is 0.110. The van der Waals surface area contributed by atoms with Gasteiger partial charge in [-0.3, -0.25) is 0 Å². The van der Waals surface area contributed by atoms with Crippen molar-refractivity contribution in [3.8, 4) is 0 Å². The molecule has 1 saturated heterocycles. The van der Waals surface area contributed by atoms with Crippen molar-refractivity contribution in [2.24, 2.45) is 0 Å². The molecule has 3 aromatic rings. The van der Waals surface area contributed by atoms with Crippen LogP contribution in [0.2, 0.25) is 5.04 Å². The van der Waals surface area contributed by atoms with Gasteiger partial charge in [0.25, 0.3) is 8.32 Å². The Balaban J connectivity index is 1.84. The van der Waals surface area contributed by atoms with Crippen molar-refractivity contribution < 1.29 is 4.43 Å². The fraction of sp³-hybridized carbons (Fsp3) is 0.333. The topological polar surface area (TPSA) is 21.3 Å². The zero-order chi connectivity index (χ0) is 21.0. The van der Waals surface area contributed by atoms with Crippen LogP contribution in [0, 0.1) is 0 Å². The van der Waals surface area contributed by atoms with Gasteiger partial charge in [0.05, 0.1) is 12.1 Å². The molecular weight excluding hydrogens is 382 g/mol. The van der Waals surface area contributed by atoms with Crippen LogP contribution in [-0.4, -0.2) is 21.0 Å². The highest BCUT2D eigenvalue weighted by Crippen LogP contribution is 2.40. The summed E-state index contributed by atoms with van der Waals surface area (Å²) in [4.78, 5) is 0. The molecule has 1 fully saturated rings. The van der Waals surface area contributed by atoms with Gasteiger partial charge >= 0.3 is 0 Å². The van der Waals surface area contributed by atoms with E-state index in [9.17, 15) is 0 Å². The Morgan fingerprint density at radius 3 is 1.77 bits per heavy atom. The molecule has 0 unspecified atom stereocenters. The van der Waals surface area contributed by atoms with Crippen molar-refractivity contribution in [2.45, 2.75) is 50.8 Å². The minimum atomic E-state index is -2.55. The average molecular weight is 416 g/mol. The fourth-order valence-electron chi connectivity index (χ4n) is 4.90. The second-order valence-electron chi connectivity index (χ2n) is 9.30. The van der Waals surface area contributed by atoms with Gasteiger partial charge in [0.1, 0.15) is 0 Å². The van der Waals surface area contributed by atoms with Gasteiger partial charge in [-0.2, -0.15) is 0 Å². The molecule has 4 rings (SSSR count). The maximum Gasteiger partial charge on any atom is 0.261 e. The third-order valence-electron chi connectivity index (χ3n) is 6.31. The summed E-state index contributed by atoms with van der Waals surface area (Å²) >= 11 is 0. The maximum atomic E-state index is 7.46. The largest absolute Gasteiger partial charge is 0.403 e. The van der Waals surface area contributed by atoms with Gasteiger partial charge in [0, 0.05) is 0 Å². The first-order chi connectivity index (χ1) is 14.5. The molecular formula is C27H33NOSi. The van der Waals surface area contributed by atoms with E-state index in [2.05, 4.69) is 117 Å². The quantitative estimate of drug-likeness (QED) is 0.588. The first kappa shape index (κ1) is 21.0. The zero-order valence-electron chi connectivity index (χ0n) is 18.3. The molecule has 1 aliphatic rings. The summed E-state index contributed by atoms with van der Waals surface area (Å²) in [5, 5.41) is 6.45. The summed E-state index contributed by atoms with van der Waals surface area (Å²) < 4.78 is 7.46. The van der Waals surface area contributed by atoms with E-state index in [4.69, 9.17) is 4.43 Å². The molecule has 2 nitrogen and oxygen atoms in total. The van der Waals surface area contributed by atoms with Crippen LogP contribution >= 0.6 is 0 Å². The zero-order valence-corrected chi connectivity index (χ0v) is 19.3. The van der Waals surface area contributed by atoms with Crippen LogP contribution in [0.25, 0.3) is 0 Å².